The van der Waals surface area contributed by atoms with Gasteiger partial charge < -0.3 is 5.32 Å². The maximum absolute atomic E-state index is 12.0. The summed E-state index contributed by atoms with van der Waals surface area (Å²) < 4.78 is 0. The van der Waals surface area contributed by atoms with Crippen molar-refractivity contribution in [1.82, 2.24) is 0 Å². The molecule has 0 aliphatic carbocycles. The van der Waals surface area contributed by atoms with Gasteiger partial charge in [0.25, 0.3) is 5.91 Å². The van der Waals surface area contributed by atoms with Crippen LogP contribution in [0.25, 0.3) is 11.6 Å². The second-order valence-corrected chi connectivity index (χ2v) is 5.13. The molecule has 0 aromatic heterocycles. The molecule has 3 rings (SSSR count). The minimum atomic E-state index is -0.118. The molecule has 2 aromatic carbocycles. The lowest BCUT2D eigenvalue weighted by atomic mass is 10.0. The maximum atomic E-state index is 12.0. The predicted octanol–water partition coefficient (Wildman–Crippen LogP) is 4.49. The molecule has 94 valence electrons. The summed E-state index contributed by atoms with van der Waals surface area (Å²) in [5.74, 6) is -0.118. The van der Waals surface area contributed by atoms with Gasteiger partial charge in [-0.2, -0.15) is 0 Å². The van der Waals surface area contributed by atoms with Crippen molar-refractivity contribution in [2.45, 2.75) is 0 Å². The Balaban J connectivity index is 2.06. The molecule has 0 fully saturated rings. The molecule has 0 radical (unpaired) electrons. The second-order valence-electron chi connectivity index (χ2n) is 4.25. The Morgan fingerprint density at radius 2 is 1.63 bits per heavy atom. The van der Waals surface area contributed by atoms with E-state index in [-0.39, 0.29) is 5.91 Å². The van der Waals surface area contributed by atoms with Crippen molar-refractivity contribution in [3.8, 4) is 0 Å². The zero-order chi connectivity index (χ0) is 13.4. The summed E-state index contributed by atoms with van der Waals surface area (Å²) in [7, 11) is 0. The summed E-state index contributed by atoms with van der Waals surface area (Å²) in [6.07, 6.45) is 1.84. The van der Waals surface area contributed by atoms with Crippen molar-refractivity contribution >= 4 is 46.4 Å². The topological polar surface area (TPSA) is 29.1 Å². The van der Waals surface area contributed by atoms with Gasteiger partial charge in [0, 0.05) is 21.2 Å². The molecule has 0 atom stereocenters. The Labute approximate surface area is 120 Å². The van der Waals surface area contributed by atoms with E-state index in [1.165, 1.54) is 0 Å². The van der Waals surface area contributed by atoms with E-state index in [0.29, 0.717) is 15.6 Å². The highest BCUT2D eigenvalue weighted by Crippen LogP contribution is 2.34. The molecule has 0 saturated carbocycles. The Bertz CT molecular complexity index is 690. The number of nitrogens with one attached hydrogen (secondary N) is 1. The van der Waals surface area contributed by atoms with Gasteiger partial charge in [0.05, 0.1) is 5.69 Å². The number of fused-ring (bicyclic) bond motifs is 1. The zero-order valence-corrected chi connectivity index (χ0v) is 11.3. The number of amides is 1. The highest BCUT2D eigenvalue weighted by molar-refractivity contribution is 6.36. The number of rotatable bonds is 1. The molecule has 1 aliphatic rings. The van der Waals surface area contributed by atoms with Crippen LogP contribution in [0.5, 0.6) is 0 Å². The first-order valence-corrected chi connectivity index (χ1v) is 6.47. The first-order chi connectivity index (χ1) is 9.13. The van der Waals surface area contributed by atoms with Crippen molar-refractivity contribution in [1.29, 1.82) is 0 Å². The predicted molar refractivity (Wildman–Crippen MR) is 79.4 cm³/mol. The lowest BCUT2D eigenvalue weighted by Crippen LogP contribution is -2.03. The highest BCUT2D eigenvalue weighted by Gasteiger charge is 2.23. The van der Waals surface area contributed by atoms with Crippen molar-refractivity contribution in [3.05, 3.63) is 63.6 Å². The van der Waals surface area contributed by atoms with E-state index in [1.54, 1.807) is 24.3 Å². The summed E-state index contributed by atoms with van der Waals surface area (Å²) in [6.45, 7) is 0. The second kappa shape index (κ2) is 4.72. The molecule has 0 bridgehead atoms. The van der Waals surface area contributed by atoms with Crippen LogP contribution in [-0.2, 0) is 4.79 Å². The first kappa shape index (κ1) is 12.3. The van der Waals surface area contributed by atoms with E-state index in [1.807, 2.05) is 24.3 Å². The van der Waals surface area contributed by atoms with Gasteiger partial charge in [0.15, 0.2) is 0 Å². The number of hydrogen-bond acceptors (Lipinski definition) is 1. The fraction of sp³-hybridized carbons (Fsp3) is 0. The normalized spacial score (nSPS) is 15.5. The Kier molecular flexibility index (Phi) is 3.05. The summed E-state index contributed by atoms with van der Waals surface area (Å²) in [5, 5.41) is 4.08. The van der Waals surface area contributed by atoms with E-state index in [2.05, 4.69) is 5.32 Å². The molecule has 2 aromatic rings. The largest absolute Gasteiger partial charge is 0.321 e. The van der Waals surface area contributed by atoms with E-state index in [0.717, 1.165) is 16.8 Å². The average molecular weight is 290 g/mol. The molecule has 4 heteroatoms. The van der Waals surface area contributed by atoms with Crippen LogP contribution in [0.4, 0.5) is 5.69 Å². The Hall–Kier alpha value is -1.77. The molecular weight excluding hydrogens is 281 g/mol. The fourth-order valence-electron chi connectivity index (χ4n) is 2.04. The van der Waals surface area contributed by atoms with Crippen LogP contribution in [0.1, 0.15) is 11.1 Å². The van der Waals surface area contributed by atoms with Crippen LogP contribution in [-0.4, -0.2) is 5.91 Å². The summed E-state index contributed by atoms with van der Waals surface area (Å²) in [4.78, 5) is 12.0. The standard InChI is InChI=1S/C15H9Cl2NO/c16-10-3-1-9(2-4-10)7-13-12-6-5-11(17)8-14(12)18-15(13)19/h1-8H,(H,18,19)/b13-7+. The van der Waals surface area contributed by atoms with Crippen molar-refractivity contribution in [2.75, 3.05) is 5.32 Å². The van der Waals surface area contributed by atoms with E-state index in [9.17, 15) is 4.79 Å². The third-order valence-electron chi connectivity index (χ3n) is 2.95. The van der Waals surface area contributed by atoms with Crippen LogP contribution in [0.15, 0.2) is 42.5 Å². The van der Waals surface area contributed by atoms with Crippen LogP contribution >= 0.6 is 23.2 Å². The number of benzene rings is 2. The summed E-state index contributed by atoms with van der Waals surface area (Å²) >= 11 is 11.8. The fourth-order valence-corrected chi connectivity index (χ4v) is 2.33. The Morgan fingerprint density at radius 3 is 2.37 bits per heavy atom. The van der Waals surface area contributed by atoms with Crippen LogP contribution in [0.2, 0.25) is 10.0 Å². The van der Waals surface area contributed by atoms with Gasteiger partial charge in [-0.1, -0.05) is 41.4 Å². The minimum absolute atomic E-state index is 0.118. The zero-order valence-electron chi connectivity index (χ0n) is 9.78. The number of carbonyl (C=O) groups is 1. The lowest BCUT2D eigenvalue weighted by molar-refractivity contribution is -0.110. The van der Waals surface area contributed by atoms with Crippen LogP contribution in [0, 0.1) is 0 Å². The molecule has 0 unspecified atom stereocenters. The average Bonchev–Trinajstić information content (AvgIpc) is 2.68. The van der Waals surface area contributed by atoms with Crippen molar-refractivity contribution < 1.29 is 4.79 Å². The van der Waals surface area contributed by atoms with Crippen molar-refractivity contribution in [2.24, 2.45) is 0 Å². The molecule has 0 saturated heterocycles. The number of halogens is 2. The monoisotopic (exact) mass is 289 g/mol. The van der Waals surface area contributed by atoms with Gasteiger partial charge >= 0.3 is 0 Å². The number of anilines is 1. The molecule has 0 spiro atoms. The third kappa shape index (κ3) is 2.37. The first-order valence-electron chi connectivity index (χ1n) is 5.72. The van der Waals surface area contributed by atoms with Gasteiger partial charge in [-0.25, -0.2) is 0 Å². The molecule has 1 N–H and O–H groups in total. The number of hydrogen-bond donors (Lipinski definition) is 1. The maximum Gasteiger partial charge on any atom is 0.256 e. The number of carbonyl (C=O) groups excluding carboxylic acids is 1. The van der Waals surface area contributed by atoms with Gasteiger partial charge in [0.1, 0.15) is 0 Å². The minimum Gasteiger partial charge on any atom is -0.321 e. The van der Waals surface area contributed by atoms with Gasteiger partial charge in [-0.15, -0.1) is 0 Å². The lowest BCUT2D eigenvalue weighted by Gasteiger charge is -1.99. The van der Waals surface area contributed by atoms with Gasteiger partial charge in [-0.05, 0) is 35.9 Å². The van der Waals surface area contributed by atoms with E-state index >= 15 is 0 Å². The SMILES string of the molecule is O=C1Nc2cc(Cl)ccc2/C1=C\c1ccc(Cl)cc1. The molecule has 19 heavy (non-hydrogen) atoms. The molecule has 2 nitrogen and oxygen atoms in total. The third-order valence-corrected chi connectivity index (χ3v) is 3.43. The van der Waals surface area contributed by atoms with Crippen molar-refractivity contribution in [3.63, 3.8) is 0 Å². The summed E-state index contributed by atoms with van der Waals surface area (Å²) in [5.41, 5.74) is 3.17. The highest BCUT2D eigenvalue weighted by atomic mass is 35.5. The Morgan fingerprint density at radius 1 is 0.947 bits per heavy atom. The van der Waals surface area contributed by atoms with E-state index in [4.69, 9.17) is 23.2 Å². The van der Waals surface area contributed by atoms with E-state index < -0.39 is 0 Å². The molecule has 1 amide bonds. The summed E-state index contributed by atoms with van der Waals surface area (Å²) in [6, 6.07) is 12.7. The van der Waals surface area contributed by atoms with Crippen LogP contribution in [0.3, 0.4) is 0 Å². The van der Waals surface area contributed by atoms with Gasteiger partial charge in [-0.3, -0.25) is 4.79 Å². The molecular formula is C15H9Cl2NO. The van der Waals surface area contributed by atoms with Gasteiger partial charge in [0.2, 0.25) is 0 Å². The van der Waals surface area contributed by atoms with Crippen LogP contribution < -0.4 is 5.32 Å². The molecule has 1 heterocycles. The quantitative estimate of drug-likeness (QED) is 0.770. The smallest absolute Gasteiger partial charge is 0.256 e. The molecule has 1 aliphatic heterocycles.